The molecule has 3 aliphatic heterocycles. The number of hydrazone groups is 1. The number of anilines is 1. The Morgan fingerprint density at radius 1 is 1.16 bits per heavy atom. The highest BCUT2D eigenvalue weighted by Gasteiger charge is 2.33. The van der Waals surface area contributed by atoms with Crippen molar-refractivity contribution in [1.82, 2.24) is 15.2 Å². The normalized spacial score (nSPS) is 18.3. The van der Waals surface area contributed by atoms with Crippen LogP contribution in [0.3, 0.4) is 0 Å². The molecule has 1 amide bonds. The van der Waals surface area contributed by atoms with Gasteiger partial charge in [0, 0.05) is 37.4 Å². The highest BCUT2D eigenvalue weighted by molar-refractivity contribution is 6.41. The van der Waals surface area contributed by atoms with Gasteiger partial charge < -0.3 is 25.0 Å². The summed E-state index contributed by atoms with van der Waals surface area (Å²) in [4.78, 5) is 24.5. The Balaban J connectivity index is 0.00000226. The minimum atomic E-state index is -1.10. The molecule has 0 radical (unpaired) electrons. The number of hydrogen-bond donors (Lipinski definition) is 2. The number of benzene rings is 2. The van der Waals surface area contributed by atoms with Gasteiger partial charge >= 0.3 is 0 Å². The van der Waals surface area contributed by atoms with Crippen molar-refractivity contribution in [1.29, 1.82) is 0 Å². The van der Waals surface area contributed by atoms with Gasteiger partial charge in [-0.25, -0.2) is 8.78 Å². The highest BCUT2D eigenvalue weighted by atomic mass is 19.2. The number of rotatable bonds is 9. The Morgan fingerprint density at radius 3 is 2.76 bits per heavy atom. The average molecular weight is 622 g/mol. The van der Waals surface area contributed by atoms with Gasteiger partial charge in [0.2, 0.25) is 5.91 Å². The van der Waals surface area contributed by atoms with Crippen LogP contribution in [-0.4, -0.2) is 73.6 Å². The van der Waals surface area contributed by atoms with E-state index in [0.29, 0.717) is 31.8 Å². The number of carbonyl (C=O) groups is 1. The van der Waals surface area contributed by atoms with Crippen LogP contribution in [0.1, 0.15) is 45.6 Å². The third-order valence-corrected chi connectivity index (χ3v) is 7.31. The van der Waals surface area contributed by atoms with Gasteiger partial charge in [0.05, 0.1) is 25.9 Å². The molecule has 12 heteroatoms. The van der Waals surface area contributed by atoms with E-state index < -0.39 is 17.5 Å². The number of fused-ring (bicyclic) bond motifs is 1. The molecule has 0 spiro atoms. The van der Waals surface area contributed by atoms with Gasteiger partial charge in [0.25, 0.3) is 0 Å². The standard InChI is InChI=1S/C31H35F2N7O3.C2H6/c1-20-17-40-26(22-6-5-13-36-39(18-22)19-28(41)38-25-8-4-7-24(32)29(25)33)12-15-35-31(40)30(37-20)34-14-11-21-16-23(42-2)9-10-27(21)43-3;1-2/h4,7-10,13,16-18,26H,5-6,11-12,14-15,19H2,1-3H3,(H,34,37)(H,38,41);1-2H3. The molecule has 10 nitrogen and oxygen atoms in total. The molecule has 1 atom stereocenters. The number of amides is 1. The molecule has 2 N–H and O–H groups in total. The molecule has 2 aromatic rings. The van der Waals surface area contributed by atoms with Gasteiger partial charge in [-0.3, -0.25) is 19.8 Å². The second kappa shape index (κ2) is 15.8. The van der Waals surface area contributed by atoms with E-state index in [0.717, 1.165) is 53.1 Å². The summed E-state index contributed by atoms with van der Waals surface area (Å²) in [5, 5.41) is 11.8. The largest absolute Gasteiger partial charge is 0.497 e. The third-order valence-electron chi connectivity index (χ3n) is 7.31. The zero-order chi connectivity index (χ0) is 32.3. The van der Waals surface area contributed by atoms with Gasteiger partial charge in [-0.05, 0) is 74.1 Å². The number of aliphatic imine (C=N–C) groups is 2. The van der Waals surface area contributed by atoms with Crippen LogP contribution in [0.15, 0.2) is 75.2 Å². The number of hydrogen-bond acceptors (Lipinski definition) is 8. The molecule has 1 unspecified atom stereocenters. The summed E-state index contributed by atoms with van der Waals surface area (Å²) >= 11 is 0. The summed E-state index contributed by atoms with van der Waals surface area (Å²) in [6.07, 6.45) is 8.54. The summed E-state index contributed by atoms with van der Waals surface area (Å²) in [6.45, 7) is 6.96. The lowest BCUT2D eigenvalue weighted by Crippen LogP contribution is -2.52. The maximum Gasteiger partial charge on any atom is 0.246 e. The molecule has 45 heavy (non-hydrogen) atoms. The maximum atomic E-state index is 14.1. The van der Waals surface area contributed by atoms with Crippen molar-refractivity contribution in [2.75, 3.05) is 39.2 Å². The van der Waals surface area contributed by atoms with Crippen LogP contribution in [0, 0.1) is 11.6 Å². The van der Waals surface area contributed by atoms with Gasteiger partial charge in [-0.2, -0.15) is 5.10 Å². The number of allylic oxidation sites excluding steroid dienone is 1. The molecule has 0 aliphatic carbocycles. The molecule has 0 saturated heterocycles. The van der Waals surface area contributed by atoms with Crippen LogP contribution < -0.4 is 20.1 Å². The number of nitrogens with one attached hydrogen (secondary N) is 2. The Kier molecular flexibility index (Phi) is 11.7. The zero-order valence-electron chi connectivity index (χ0n) is 26.4. The fraction of sp³-hybridized carbons (Fsp3) is 0.394. The van der Waals surface area contributed by atoms with E-state index in [-0.39, 0.29) is 18.3 Å². The summed E-state index contributed by atoms with van der Waals surface area (Å²) in [5.41, 5.74) is 2.81. The Labute approximate surface area is 263 Å². The molecule has 2 aromatic carbocycles. The smallest absolute Gasteiger partial charge is 0.246 e. The number of methoxy groups -OCH3 is 2. The van der Waals surface area contributed by atoms with Crippen molar-refractivity contribution in [3.63, 3.8) is 0 Å². The van der Waals surface area contributed by atoms with E-state index in [4.69, 9.17) is 19.5 Å². The molecule has 240 valence electrons. The molecule has 0 bridgehead atoms. The Morgan fingerprint density at radius 2 is 1.98 bits per heavy atom. The molecule has 3 heterocycles. The first-order chi connectivity index (χ1) is 21.9. The quantitative estimate of drug-likeness (QED) is 0.384. The topological polar surface area (TPSA) is 103 Å². The predicted octanol–water partition coefficient (Wildman–Crippen LogP) is 5.49. The zero-order valence-corrected chi connectivity index (χ0v) is 26.4. The van der Waals surface area contributed by atoms with Crippen molar-refractivity contribution in [3.8, 4) is 11.5 Å². The SMILES string of the molecule is CC.COc1ccc(OC)c(CCN=C2NC(C)=CN3C2=NCCC3C2=CN(CC(=O)Nc3cccc(F)c3F)N=CCC2)c1. The number of ether oxygens (including phenoxy) is 2. The van der Waals surface area contributed by atoms with Crippen molar-refractivity contribution in [2.45, 2.75) is 52.5 Å². The van der Waals surface area contributed by atoms with E-state index in [9.17, 15) is 13.6 Å². The van der Waals surface area contributed by atoms with Gasteiger partial charge in [-0.15, -0.1) is 0 Å². The highest BCUT2D eigenvalue weighted by Crippen LogP contribution is 2.28. The summed E-state index contributed by atoms with van der Waals surface area (Å²) in [7, 11) is 3.28. The van der Waals surface area contributed by atoms with E-state index in [1.165, 1.54) is 17.1 Å². The number of nitrogens with zero attached hydrogens (tertiary/aromatic N) is 5. The van der Waals surface area contributed by atoms with Gasteiger partial charge in [-0.1, -0.05) is 19.9 Å². The van der Waals surface area contributed by atoms with Crippen LogP contribution in [-0.2, 0) is 11.2 Å². The molecular formula is C33H41F2N7O3. The predicted molar refractivity (Wildman–Crippen MR) is 174 cm³/mol. The van der Waals surface area contributed by atoms with Crippen LogP contribution in [0.25, 0.3) is 0 Å². The second-order valence-electron chi connectivity index (χ2n) is 10.3. The fourth-order valence-electron chi connectivity index (χ4n) is 5.29. The first kappa shape index (κ1) is 33.2. The van der Waals surface area contributed by atoms with Crippen LogP contribution in [0.5, 0.6) is 11.5 Å². The number of carbonyl (C=O) groups excluding carboxylic acids is 1. The average Bonchev–Trinajstić information content (AvgIpc) is 3.29. The molecule has 5 rings (SSSR count). The third kappa shape index (κ3) is 8.25. The lowest BCUT2D eigenvalue weighted by atomic mass is 9.96. The summed E-state index contributed by atoms with van der Waals surface area (Å²) in [6, 6.07) is 9.36. The lowest BCUT2D eigenvalue weighted by molar-refractivity contribution is -0.116. The minimum Gasteiger partial charge on any atom is -0.497 e. The van der Waals surface area contributed by atoms with E-state index in [2.05, 4.69) is 20.6 Å². The number of amidine groups is 2. The van der Waals surface area contributed by atoms with Crippen molar-refractivity contribution < 1.29 is 23.0 Å². The minimum absolute atomic E-state index is 0.0128. The second-order valence-corrected chi connectivity index (χ2v) is 10.3. The van der Waals surface area contributed by atoms with Crippen LogP contribution in [0.4, 0.5) is 14.5 Å². The van der Waals surface area contributed by atoms with Crippen molar-refractivity contribution >= 4 is 29.5 Å². The fourth-order valence-corrected chi connectivity index (χ4v) is 5.29. The first-order valence-corrected chi connectivity index (χ1v) is 15.1. The van der Waals surface area contributed by atoms with Crippen LogP contribution >= 0.6 is 0 Å². The molecule has 3 aliphatic rings. The van der Waals surface area contributed by atoms with Gasteiger partial charge in [0.1, 0.15) is 18.0 Å². The first-order valence-electron chi connectivity index (χ1n) is 15.1. The molecule has 0 fully saturated rings. The summed E-state index contributed by atoms with van der Waals surface area (Å²) in [5.74, 6) is 0.377. The maximum absolute atomic E-state index is 14.1. The number of halogens is 2. The van der Waals surface area contributed by atoms with E-state index in [1.54, 1.807) is 20.4 Å². The van der Waals surface area contributed by atoms with Crippen LogP contribution in [0.2, 0.25) is 0 Å². The van der Waals surface area contributed by atoms with Crippen molar-refractivity contribution in [2.24, 2.45) is 15.1 Å². The molecule has 0 saturated carbocycles. The van der Waals surface area contributed by atoms with Gasteiger partial charge in [0.15, 0.2) is 23.3 Å². The molecular weight excluding hydrogens is 580 g/mol. The Hall–Kier alpha value is -4.74. The van der Waals surface area contributed by atoms with E-state index >= 15 is 0 Å². The van der Waals surface area contributed by atoms with Crippen molar-refractivity contribution in [3.05, 3.63) is 77.3 Å². The lowest BCUT2D eigenvalue weighted by Gasteiger charge is -2.39. The Bertz CT molecular complexity index is 1520. The van der Waals surface area contributed by atoms with E-state index in [1.807, 2.05) is 51.4 Å². The summed E-state index contributed by atoms with van der Waals surface area (Å²) < 4.78 is 38.5. The molecule has 0 aromatic heterocycles. The monoisotopic (exact) mass is 621 g/mol.